The Hall–Kier alpha value is -3.10. The third-order valence-electron chi connectivity index (χ3n) is 6.09. The molecule has 0 spiro atoms. The van der Waals surface area contributed by atoms with Gasteiger partial charge in [0.05, 0.1) is 26.4 Å². The average Bonchev–Trinajstić information content (AvgIpc) is 2.81. The summed E-state index contributed by atoms with van der Waals surface area (Å²) in [5.41, 5.74) is 12.8. The van der Waals surface area contributed by atoms with Crippen LogP contribution in [0.5, 0.6) is 0 Å². The van der Waals surface area contributed by atoms with E-state index in [1.807, 2.05) is 24.3 Å². The summed E-state index contributed by atoms with van der Waals surface area (Å²) in [6, 6.07) is 14.6. The number of ether oxygens (including phenoxy) is 2. The fraction of sp³-hybridized carbons (Fsp3) is 0.391. The maximum Gasteiger partial charge on any atom is 0.242 e. The van der Waals surface area contributed by atoms with Crippen molar-refractivity contribution >= 4 is 23.2 Å². The van der Waals surface area contributed by atoms with E-state index in [-0.39, 0.29) is 0 Å². The van der Waals surface area contributed by atoms with Gasteiger partial charge in [0.15, 0.2) is 5.41 Å². The standard InChI is InChI=1S/C23H28N4O4/c24-21(28)23(22(25)29,17-1-5-19(6-2-17)26-9-13-30-14-10-26)18-3-7-20(8-4-18)27-11-15-31-16-12-27/h1-8H,9-16H2,(H2,24,28)(H2,25,29). The average molecular weight is 425 g/mol. The number of morpholine rings is 2. The molecule has 2 heterocycles. The number of primary amides is 2. The van der Waals surface area contributed by atoms with Crippen molar-refractivity contribution in [2.75, 3.05) is 62.4 Å². The highest BCUT2D eigenvalue weighted by atomic mass is 16.5. The van der Waals surface area contributed by atoms with Crippen LogP contribution in [0.25, 0.3) is 0 Å². The minimum absolute atomic E-state index is 0.462. The molecular weight excluding hydrogens is 396 g/mol. The summed E-state index contributed by atoms with van der Waals surface area (Å²) in [5, 5.41) is 0. The predicted molar refractivity (Wildman–Crippen MR) is 118 cm³/mol. The van der Waals surface area contributed by atoms with E-state index in [1.54, 1.807) is 24.3 Å². The Balaban J connectivity index is 1.68. The molecule has 2 aliphatic heterocycles. The second kappa shape index (κ2) is 8.95. The number of carbonyl (C=O) groups is 2. The Bertz CT molecular complexity index is 840. The van der Waals surface area contributed by atoms with E-state index in [2.05, 4.69) is 9.80 Å². The van der Waals surface area contributed by atoms with Gasteiger partial charge in [-0.3, -0.25) is 9.59 Å². The Morgan fingerprint density at radius 3 is 1.26 bits per heavy atom. The molecule has 2 saturated heterocycles. The molecule has 4 rings (SSSR count). The number of hydrogen-bond acceptors (Lipinski definition) is 6. The second-order valence-corrected chi connectivity index (χ2v) is 7.77. The SMILES string of the molecule is NC(=O)C(C(N)=O)(c1ccc(N2CCOCC2)cc1)c1ccc(N2CCOCC2)cc1. The normalized spacial score (nSPS) is 17.4. The fourth-order valence-electron chi connectivity index (χ4n) is 4.34. The van der Waals surface area contributed by atoms with Crippen LogP contribution in [0.1, 0.15) is 11.1 Å². The highest BCUT2D eigenvalue weighted by Gasteiger charge is 2.46. The van der Waals surface area contributed by atoms with Crippen LogP contribution in [0.3, 0.4) is 0 Å². The lowest BCUT2D eigenvalue weighted by Gasteiger charge is -2.32. The van der Waals surface area contributed by atoms with E-state index in [4.69, 9.17) is 20.9 Å². The minimum atomic E-state index is -1.74. The van der Waals surface area contributed by atoms with Gasteiger partial charge in [-0.2, -0.15) is 0 Å². The van der Waals surface area contributed by atoms with Crippen molar-refractivity contribution in [1.29, 1.82) is 0 Å². The van der Waals surface area contributed by atoms with Crippen LogP contribution in [-0.2, 0) is 24.5 Å². The summed E-state index contributed by atoms with van der Waals surface area (Å²) >= 11 is 0. The molecule has 0 aromatic heterocycles. The summed E-state index contributed by atoms with van der Waals surface area (Å²) < 4.78 is 10.8. The van der Waals surface area contributed by atoms with Gasteiger partial charge < -0.3 is 30.7 Å². The number of nitrogens with zero attached hydrogens (tertiary/aromatic N) is 2. The van der Waals surface area contributed by atoms with Crippen LogP contribution in [0.15, 0.2) is 48.5 Å². The van der Waals surface area contributed by atoms with Gasteiger partial charge in [0.1, 0.15) is 0 Å². The monoisotopic (exact) mass is 424 g/mol. The van der Waals surface area contributed by atoms with Crippen LogP contribution < -0.4 is 21.3 Å². The lowest BCUT2D eigenvalue weighted by atomic mass is 9.73. The van der Waals surface area contributed by atoms with E-state index in [9.17, 15) is 9.59 Å². The second-order valence-electron chi connectivity index (χ2n) is 7.77. The summed E-state index contributed by atoms with van der Waals surface area (Å²) in [6.07, 6.45) is 0. The molecule has 2 aromatic rings. The van der Waals surface area contributed by atoms with Gasteiger partial charge in [0.2, 0.25) is 11.8 Å². The zero-order valence-corrected chi connectivity index (χ0v) is 17.5. The van der Waals surface area contributed by atoms with Gasteiger partial charge in [-0.05, 0) is 35.4 Å². The lowest BCUT2D eigenvalue weighted by molar-refractivity contribution is -0.132. The third-order valence-corrected chi connectivity index (χ3v) is 6.09. The quantitative estimate of drug-likeness (QED) is 0.658. The van der Waals surface area contributed by atoms with Crippen LogP contribution >= 0.6 is 0 Å². The highest BCUT2D eigenvalue weighted by molar-refractivity contribution is 6.13. The Morgan fingerprint density at radius 2 is 0.968 bits per heavy atom. The predicted octanol–water partition coefficient (Wildman–Crippen LogP) is 0.617. The first-order valence-corrected chi connectivity index (χ1v) is 10.5. The number of rotatable bonds is 6. The van der Waals surface area contributed by atoms with E-state index < -0.39 is 17.2 Å². The molecule has 2 aliphatic rings. The van der Waals surface area contributed by atoms with Gasteiger partial charge in [-0.1, -0.05) is 24.3 Å². The van der Waals surface area contributed by atoms with Gasteiger partial charge >= 0.3 is 0 Å². The molecule has 0 unspecified atom stereocenters. The maximum atomic E-state index is 12.7. The van der Waals surface area contributed by atoms with Crippen LogP contribution in [0.2, 0.25) is 0 Å². The lowest BCUT2D eigenvalue weighted by Crippen LogP contribution is -2.52. The first-order valence-electron chi connectivity index (χ1n) is 10.5. The highest BCUT2D eigenvalue weighted by Crippen LogP contribution is 2.34. The molecule has 2 amide bonds. The first kappa shape index (κ1) is 21.1. The summed E-state index contributed by atoms with van der Waals surface area (Å²) in [5.74, 6) is -1.59. The molecule has 0 radical (unpaired) electrons. The summed E-state index contributed by atoms with van der Waals surface area (Å²) in [7, 11) is 0. The van der Waals surface area contributed by atoms with Crippen molar-refractivity contribution in [3.8, 4) is 0 Å². The van der Waals surface area contributed by atoms with Crippen LogP contribution in [0, 0.1) is 0 Å². The van der Waals surface area contributed by atoms with Crippen molar-refractivity contribution < 1.29 is 19.1 Å². The topological polar surface area (TPSA) is 111 Å². The first-order chi connectivity index (χ1) is 15.0. The molecule has 4 N–H and O–H groups in total. The minimum Gasteiger partial charge on any atom is -0.378 e. The van der Waals surface area contributed by atoms with Crippen molar-refractivity contribution in [2.45, 2.75) is 5.41 Å². The molecule has 0 saturated carbocycles. The molecule has 8 heteroatoms. The number of hydrogen-bond donors (Lipinski definition) is 2. The van der Waals surface area contributed by atoms with Crippen LogP contribution in [-0.4, -0.2) is 64.4 Å². The van der Waals surface area contributed by atoms with Gasteiger partial charge in [0, 0.05) is 37.6 Å². The van der Waals surface area contributed by atoms with Crippen LogP contribution in [0.4, 0.5) is 11.4 Å². The maximum absolute atomic E-state index is 12.7. The smallest absolute Gasteiger partial charge is 0.242 e. The summed E-state index contributed by atoms with van der Waals surface area (Å²) in [4.78, 5) is 29.8. The van der Waals surface area contributed by atoms with Crippen molar-refractivity contribution in [3.63, 3.8) is 0 Å². The third kappa shape index (κ3) is 3.96. The molecule has 164 valence electrons. The molecular formula is C23H28N4O4. The largest absolute Gasteiger partial charge is 0.378 e. The Kier molecular flexibility index (Phi) is 6.11. The molecule has 0 bridgehead atoms. The summed E-state index contributed by atoms with van der Waals surface area (Å²) in [6.45, 7) is 5.84. The van der Waals surface area contributed by atoms with Gasteiger partial charge in [-0.25, -0.2) is 0 Å². The van der Waals surface area contributed by atoms with E-state index in [0.717, 1.165) is 37.6 Å². The van der Waals surface area contributed by atoms with Gasteiger partial charge in [-0.15, -0.1) is 0 Å². The zero-order valence-electron chi connectivity index (χ0n) is 17.5. The molecule has 0 aliphatic carbocycles. The zero-order chi connectivity index (χ0) is 21.8. The van der Waals surface area contributed by atoms with Crippen molar-refractivity contribution in [2.24, 2.45) is 11.5 Å². The molecule has 31 heavy (non-hydrogen) atoms. The molecule has 2 aromatic carbocycles. The van der Waals surface area contributed by atoms with E-state index >= 15 is 0 Å². The number of amides is 2. The molecule has 0 atom stereocenters. The van der Waals surface area contributed by atoms with E-state index in [1.165, 1.54) is 0 Å². The Morgan fingerprint density at radius 1 is 0.645 bits per heavy atom. The number of nitrogens with two attached hydrogens (primary N) is 2. The number of anilines is 2. The van der Waals surface area contributed by atoms with Crippen molar-refractivity contribution in [3.05, 3.63) is 59.7 Å². The van der Waals surface area contributed by atoms with E-state index in [0.29, 0.717) is 37.6 Å². The fourth-order valence-corrected chi connectivity index (χ4v) is 4.34. The Labute approximate surface area is 181 Å². The molecule has 2 fully saturated rings. The number of carbonyl (C=O) groups excluding carboxylic acids is 2. The van der Waals surface area contributed by atoms with Crippen molar-refractivity contribution in [1.82, 2.24) is 0 Å². The van der Waals surface area contributed by atoms with Gasteiger partial charge in [0.25, 0.3) is 0 Å². The molecule has 8 nitrogen and oxygen atoms in total. The number of benzene rings is 2.